The second kappa shape index (κ2) is 6.57. The molecule has 0 aliphatic carbocycles. The Bertz CT molecular complexity index is 425. The Morgan fingerprint density at radius 3 is 2.81 bits per heavy atom. The lowest BCUT2D eigenvalue weighted by Crippen LogP contribution is -1.90. The summed E-state index contributed by atoms with van der Waals surface area (Å²) in [7, 11) is 0. The number of benzene rings is 1. The molecule has 0 saturated carbocycles. The maximum Gasteiger partial charge on any atom is 0.0570 e. The number of aliphatic imine (C=N–C) groups is 1. The van der Waals surface area contributed by atoms with E-state index in [4.69, 9.17) is 0 Å². The molecule has 1 aromatic rings. The van der Waals surface area contributed by atoms with Crippen LogP contribution in [0.3, 0.4) is 0 Å². The van der Waals surface area contributed by atoms with Gasteiger partial charge in [0.05, 0.1) is 6.54 Å². The van der Waals surface area contributed by atoms with Gasteiger partial charge in [0.1, 0.15) is 0 Å². The zero-order chi connectivity index (χ0) is 11.8. The highest BCUT2D eigenvalue weighted by Crippen LogP contribution is 2.16. The van der Waals surface area contributed by atoms with Crippen molar-refractivity contribution in [1.82, 2.24) is 0 Å². The average molecular weight is 211 g/mol. The summed E-state index contributed by atoms with van der Waals surface area (Å²) in [5.74, 6) is 0. The molecule has 0 radical (unpaired) electrons. The molecule has 0 bridgehead atoms. The van der Waals surface area contributed by atoms with E-state index in [0.29, 0.717) is 6.54 Å². The van der Waals surface area contributed by atoms with Crippen LogP contribution in [0.25, 0.3) is 5.57 Å². The first-order valence-corrected chi connectivity index (χ1v) is 5.31. The van der Waals surface area contributed by atoms with E-state index in [0.717, 1.165) is 16.7 Å². The van der Waals surface area contributed by atoms with Gasteiger partial charge in [0.2, 0.25) is 0 Å². The van der Waals surface area contributed by atoms with Gasteiger partial charge in [-0.25, -0.2) is 0 Å². The molecule has 0 fully saturated rings. The lowest BCUT2D eigenvalue weighted by molar-refractivity contribution is 1.25. The molecule has 0 aliphatic rings. The largest absolute Gasteiger partial charge is 0.288 e. The van der Waals surface area contributed by atoms with E-state index in [1.165, 1.54) is 0 Å². The molecule has 0 amide bonds. The molecule has 1 heteroatoms. The summed E-state index contributed by atoms with van der Waals surface area (Å²) in [4.78, 5) is 4.32. The van der Waals surface area contributed by atoms with Crippen LogP contribution >= 0.6 is 0 Å². The quantitative estimate of drug-likeness (QED) is 0.398. The van der Waals surface area contributed by atoms with Crippen molar-refractivity contribution in [2.75, 3.05) is 6.54 Å². The minimum atomic E-state index is 0.714. The Balaban J connectivity index is 2.90. The average Bonchev–Trinajstić information content (AvgIpc) is 2.34. The second-order valence-corrected chi connectivity index (χ2v) is 3.38. The van der Waals surface area contributed by atoms with E-state index < -0.39 is 0 Å². The molecule has 82 valence electrons. The Hall–Kier alpha value is -1.89. The van der Waals surface area contributed by atoms with Crippen molar-refractivity contribution in [2.24, 2.45) is 4.99 Å². The fourth-order valence-electron chi connectivity index (χ4n) is 1.33. The Morgan fingerprint density at radius 1 is 1.38 bits per heavy atom. The van der Waals surface area contributed by atoms with Crippen molar-refractivity contribution >= 4 is 11.8 Å². The standard InChI is InChI=1S/C15H17N/c1-4-6-11-16-12-14-9-7-8-10-15(14)13(3)5-2/h4-10,12H,2-3,11H2,1H3/b6-4-,16-12?. The van der Waals surface area contributed by atoms with Gasteiger partial charge in [0.25, 0.3) is 0 Å². The lowest BCUT2D eigenvalue weighted by atomic mass is 10.0. The van der Waals surface area contributed by atoms with Crippen LogP contribution in [0, 0.1) is 0 Å². The highest BCUT2D eigenvalue weighted by Gasteiger charge is 1.99. The van der Waals surface area contributed by atoms with Crippen LogP contribution in [-0.2, 0) is 0 Å². The van der Waals surface area contributed by atoms with Gasteiger partial charge in [-0.15, -0.1) is 0 Å². The first-order chi connectivity index (χ1) is 7.79. The summed E-state index contributed by atoms with van der Waals surface area (Å²) in [5, 5.41) is 0. The maximum atomic E-state index is 4.32. The first-order valence-electron chi connectivity index (χ1n) is 5.31. The Labute approximate surface area is 97.5 Å². The van der Waals surface area contributed by atoms with Crippen LogP contribution < -0.4 is 0 Å². The summed E-state index contributed by atoms with van der Waals surface area (Å²) < 4.78 is 0. The van der Waals surface area contributed by atoms with Crippen LogP contribution in [0.5, 0.6) is 0 Å². The maximum absolute atomic E-state index is 4.32. The monoisotopic (exact) mass is 211 g/mol. The first kappa shape index (κ1) is 12.2. The molecular formula is C15H17N. The van der Waals surface area contributed by atoms with E-state index in [9.17, 15) is 0 Å². The van der Waals surface area contributed by atoms with E-state index in [2.05, 4.69) is 18.2 Å². The van der Waals surface area contributed by atoms with Crippen LogP contribution in [0.2, 0.25) is 0 Å². The zero-order valence-electron chi connectivity index (χ0n) is 9.69. The van der Waals surface area contributed by atoms with E-state index in [-0.39, 0.29) is 0 Å². The van der Waals surface area contributed by atoms with Crippen LogP contribution in [0.15, 0.2) is 60.6 Å². The third-order valence-corrected chi connectivity index (χ3v) is 2.23. The van der Waals surface area contributed by atoms with Crippen LogP contribution in [0.1, 0.15) is 18.1 Å². The summed E-state index contributed by atoms with van der Waals surface area (Å²) in [6.45, 7) is 10.4. The topological polar surface area (TPSA) is 12.4 Å². The fraction of sp³-hybridized carbons (Fsp3) is 0.133. The van der Waals surface area contributed by atoms with Gasteiger partial charge in [-0.3, -0.25) is 4.99 Å². The molecule has 0 unspecified atom stereocenters. The van der Waals surface area contributed by atoms with Crippen molar-refractivity contribution in [2.45, 2.75) is 6.92 Å². The second-order valence-electron chi connectivity index (χ2n) is 3.38. The highest BCUT2D eigenvalue weighted by atomic mass is 14.7. The number of hydrogen-bond acceptors (Lipinski definition) is 1. The van der Waals surface area contributed by atoms with Crippen molar-refractivity contribution < 1.29 is 0 Å². The molecular weight excluding hydrogens is 194 g/mol. The number of allylic oxidation sites excluding steroid dienone is 3. The molecule has 0 N–H and O–H groups in total. The molecule has 1 rings (SSSR count). The Kier molecular flexibility index (Phi) is 5.00. The van der Waals surface area contributed by atoms with E-state index in [1.807, 2.05) is 49.6 Å². The van der Waals surface area contributed by atoms with Gasteiger partial charge in [-0.05, 0) is 18.1 Å². The lowest BCUT2D eigenvalue weighted by Gasteiger charge is -2.04. The predicted molar refractivity (Wildman–Crippen MR) is 72.9 cm³/mol. The van der Waals surface area contributed by atoms with Gasteiger partial charge in [-0.2, -0.15) is 0 Å². The third-order valence-electron chi connectivity index (χ3n) is 2.23. The Morgan fingerprint density at radius 2 is 2.12 bits per heavy atom. The van der Waals surface area contributed by atoms with Gasteiger partial charge in [0, 0.05) is 11.8 Å². The van der Waals surface area contributed by atoms with Crippen LogP contribution in [-0.4, -0.2) is 12.8 Å². The number of rotatable bonds is 5. The molecule has 0 heterocycles. The van der Waals surface area contributed by atoms with Crippen molar-refractivity contribution in [3.8, 4) is 0 Å². The molecule has 0 spiro atoms. The minimum absolute atomic E-state index is 0.714. The minimum Gasteiger partial charge on any atom is -0.288 e. The van der Waals surface area contributed by atoms with Gasteiger partial charge >= 0.3 is 0 Å². The molecule has 0 aromatic heterocycles. The number of nitrogens with zero attached hydrogens (tertiary/aromatic N) is 1. The third kappa shape index (κ3) is 3.35. The molecule has 0 atom stereocenters. The summed E-state index contributed by atoms with van der Waals surface area (Å²) >= 11 is 0. The normalized spacial score (nSPS) is 11.1. The summed E-state index contributed by atoms with van der Waals surface area (Å²) in [6, 6.07) is 8.05. The number of hydrogen-bond donors (Lipinski definition) is 0. The van der Waals surface area contributed by atoms with Gasteiger partial charge in [-0.1, -0.05) is 55.7 Å². The van der Waals surface area contributed by atoms with Crippen LogP contribution in [0.4, 0.5) is 0 Å². The highest BCUT2D eigenvalue weighted by molar-refractivity contribution is 5.89. The van der Waals surface area contributed by atoms with Gasteiger partial charge in [0.15, 0.2) is 0 Å². The summed E-state index contributed by atoms with van der Waals surface area (Å²) in [5.41, 5.74) is 3.09. The van der Waals surface area contributed by atoms with E-state index in [1.54, 1.807) is 6.08 Å². The van der Waals surface area contributed by atoms with Crippen molar-refractivity contribution in [1.29, 1.82) is 0 Å². The SMILES string of the molecule is C=CC(=C)c1ccccc1C=NC/C=C\C. The fourth-order valence-corrected chi connectivity index (χ4v) is 1.33. The van der Waals surface area contributed by atoms with E-state index >= 15 is 0 Å². The molecule has 0 aliphatic heterocycles. The van der Waals surface area contributed by atoms with Crippen molar-refractivity contribution in [3.63, 3.8) is 0 Å². The molecule has 0 saturated heterocycles. The van der Waals surface area contributed by atoms with Crippen molar-refractivity contribution in [3.05, 3.63) is 66.8 Å². The molecule has 16 heavy (non-hydrogen) atoms. The predicted octanol–water partition coefficient (Wildman–Crippen LogP) is 3.88. The molecule has 1 aromatic carbocycles. The molecule has 1 nitrogen and oxygen atoms in total. The van der Waals surface area contributed by atoms with Gasteiger partial charge < -0.3 is 0 Å². The zero-order valence-corrected chi connectivity index (χ0v) is 9.69. The smallest absolute Gasteiger partial charge is 0.0570 e. The summed E-state index contributed by atoms with van der Waals surface area (Å²) in [6.07, 6.45) is 7.65.